The van der Waals surface area contributed by atoms with Crippen LogP contribution in [0.3, 0.4) is 0 Å². The molecule has 31 heavy (non-hydrogen) atoms. The van der Waals surface area contributed by atoms with Crippen molar-refractivity contribution in [3.05, 3.63) is 69.7 Å². The van der Waals surface area contributed by atoms with Gasteiger partial charge in [-0.3, -0.25) is 9.59 Å². The Morgan fingerprint density at radius 2 is 1.71 bits per heavy atom. The fraction of sp³-hybridized carbons (Fsp3) is 0.417. The van der Waals surface area contributed by atoms with Crippen molar-refractivity contribution in [2.75, 3.05) is 12.3 Å². The Morgan fingerprint density at radius 1 is 1.03 bits per heavy atom. The van der Waals surface area contributed by atoms with Gasteiger partial charge in [-0.15, -0.1) is 11.8 Å². The summed E-state index contributed by atoms with van der Waals surface area (Å²) in [4.78, 5) is 27.7. The number of thioether (sulfide) groups is 1. The third-order valence-corrected chi connectivity index (χ3v) is 6.60. The number of benzene rings is 2. The van der Waals surface area contributed by atoms with E-state index in [9.17, 15) is 9.59 Å². The molecule has 2 aromatic carbocycles. The van der Waals surface area contributed by atoms with Crippen molar-refractivity contribution in [1.82, 2.24) is 10.2 Å². The monoisotopic (exact) mass is 480 g/mol. The Labute approximate surface area is 199 Å². The van der Waals surface area contributed by atoms with Gasteiger partial charge >= 0.3 is 0 Å². The highest BCUT2D eigenvalue weighted by molar-refractivity contribution is 7.99. The molecule has 0 spiro atoms. The van der Waals surface area contributed by atoms with Crippen LogP contribution in [0.25, 0.3) is 0 Å². The molecular formula is C24H30Cl2N2O2S. The van der Waals surface area contributed by atoms with Crippen molar-refractivity contribution in [3.63, 3.8) is 0 Å². The largest absolute Gasteiger partial charge is 0.354 e. The molecule has 0 unspecified atom stereocenters. The summed E-state index contributed by atoms with van der Waals surface area (Å²) < 4.78 is 0. The van der Waals surface area contributed by atoms with Gasteiger partial charge < -0.3 is 10.2 Å². The van der Waals surface area contributed by atoms with Gasteiger partial charge in [0.1, 0.15) is 6.04 Å². The molecule has 0 aliphatic heterocycles. The second-order valence-corrected chi connectivity index (χ2v) is 9.07. The van der Waals surface area contributed by atoms with Crippen LogP contribution in [0.4, 0.5) is 0 Å². The van der Waals surface area contributed by atoms with Gasteiger partial charge in [0.2, 0.25) is 11.8 Å². The highest BCUT2D eigenvalue weighted by Crippen LogP contribution is 2.28. The lowest BCUT2D eigenvalue weighted by atomic mass is 10.1. The molecule has 2 aromatic rings. The van der Waals surface area contributed by atoms with Gasteiger partial charge in [0, 0.05) is 28.9 Å². The average molecular weight is 481 g/mol. The van der Waals surface area contributed by atoms with Crippen LogP contribution in [0.15, 0.2) is 48.5 Å². The highest BCUT2D eigenvalue weighted by atomic mass is 35.5. The number of amides is 2. The van der Waals surface area contributed by atoms with E-state index in [1.807, 2.05) is 37.3 Å². The number of carbonyl (C=O) groups is 2. The molecule has 0 fully saturated rings. The zero-order valence-electron chi connectivity index (χ0n) is 18.1. The maximum atomic E-state index is 13.2. The SMILES string of the molecule is CCCCNC(=O)[C@H](CC)N(Cc1ccccc1)C(=O)CSCc1c(Cl)cccc1Cl. The summed E-state index contributed by atoms with van der Waals surface area (Å²) in [6, 6.07) is 14.6. The quantitative estimate of drug-likeness (QED) is 0.381. The molecule has 7 heteroatoms. The summed E-state index contributed by atoms with van der Waals surface area (Å²) in [5.74, 6) is 0.602. The normalized spacial score (nSPS) is 11.7. The minimum absolute atomic E-state index is 0.0745. The van der Waals surface area contributed by atoms with Crippen LogP contribution in [0.2, 0.25) is 10.0 Å². The molecule has 0 saturated heterocycles. The maximum absolute atomic E-state index is 13.2. The first-order chi connectivity index (χ1) is 15.0. The van der Waals surface area contributed by atoms with Gasteiger partial charge in [0.15, 0.2) is 0 Å². The number of hydrogen-bond donors (Lipinski definition) is 1. The standard InChI is InChI=1S/C24H30Cl2N2O2S/c1-3-5-14-27-24(30)22(4-2)28(15-18-10-7-6-8-11-18)23(29)17-31-16-19-20(25)12-9-13-21(19)26/h6-13,22H,3-5,14-17H2,1-2H3,(H,27,30)/t22-/m0/s1. The third-order valence-electron chi connectivity index (χ3n) is 4.94. The van der Waals surface area contributed by atoms with Gasteiger partial charge in [-0.25, -0.2) is 0 Å². The lowest BCUT2D eigenvalue weighted by molar-refractivity contribution is -0.139. The fourth-order valence-corrected chi connectivity index (χ4v) is 4.85. The second kappa shape index (κ2) is 13.7. The van der Waals surface area contributed by atoms with Gasteiger partial charge in [-0.05, 0) is 36.1 Å². The Hall–Kier alpha value is -1.69. The molecule has 2 rings (SSSR count). The van der Waals surface area contributed by atoms with Crippen molar-refractivity contribution in [3.8, 4) is 0 Å². The molecule has 0 bridgehead atoms. The van der Waals surface area contributed by atoms with Crippen LogP contribution < -0.4 is 5.32 Å². The first kappa shape index (κ1) is 25.6. The molecule has 0 aliphatic carbocycles. The summed E-state index contributed by atoms with van der Waals surface area (Å²) >= 11 is 13.9. The molecule has 1 atom stereocenters. The molecule has 0 saturated carbocycles. The Balaban J connectivity index is 2.10. The smallest absolute Gasteiger partial charge is 0.242 e. The predicted molar refractivity (Wildman–Crippen MR) is 132 cm³/mol. The van der Waals surface area contributed by atoms with Crippen LogP contribution in [-0.4, -0.2) is 35.1 Å². The van der Waals surface area contributed by atoms with E-state index in [-0.39, 0.29) is 17.6 Å². The summed E-state index contributed by atoms with van der Waals surface area (Å²) in [6.45, 7) is 5.04. The molecule has 4 nitrogen and oxygen atoms in total. The van der Waals surface area contributed by atoms with Gasteiger partial charge in [0.05, 0.1) is 5.75 Å². The molecular weight excluding hydrogens is 451 g/mol. The van der Waals surface area contributed by atoms with E-state index in [1.165, 1.54) is 11.8 Å². The minimum atomic E-state index is -0.505. The highest BCUT2D eigenvalue weighted by Gasteiger charge is 2.28. The van der Waals surface area contributed by atoms with Crippen LogP contribution in [0.5, 0.6) is 0 Å². The summed E-state index contributed by atoms with van der Waals surface area (Å²) in [7, 11) is 0. The number of rotatable bonds is 12. The van der Waals surface area contributed by atoms with Crippen molar-refractivity contribution < 1.29 is 9.59 Å². The summed E-state index contributed by atoms with van der Waals surface area (Å²) in [6.07, 6.45) is 2.48. The second-order valence-electron chi connectivity index (χ2n) is 7.27. The van der Waals surface area contributed by atoms with Gasteiger partial charge in [-0.1, -0.05) is 79.9 Å². The van der Waals surface area contributed by atoms with Crippen LogP contribution >= 0.6 is 35.0 Å². The first-order valence-electron chi connectivity index (χ1n) is 10.6. The number of halogens is 2. The number of hydrogen-bond acceptors (Lipinski definition) is 3. The first-order valence-corrected chi connectivity index (χ1v) is 12.5. The minimum Gasteiger partial charge on any atom is -0.354 e. The van der Waals surface area contributed by atoms with Crippen molar-refractivity contribution >= 4 is 46.8 Å². The number of nitrogens with zero attached hydrogens (tertiary/aromatic N) is 1. The third kappa shape index (κ3) is 8.06. The molecule has 168 valence electrons. The zero-order chi connectivity index (χ0) is 22.6. The molecule has 0 aromatic heterocycles. The maximum Gasteiger partial charge on any atom is 0.242 e. The van der Waals surface area contributed by atoms with Crippen LogP contribution in [-0.2, 0) is 21.9 Å². The van der Waals surface area contributed by atoms with E-state index in [1.54, 1.807) is 23.1 Å². The lowest BCUT2D eigenvalue weighted by Crippen LogP contribution is -2.49. The number of nitrogens with one attached hydrogen (secondary N) is 1. The number of unbranched alkanes of at least 4 members (excludes halogenated alkanes) is 1. The van der Waals surface area contributed by atoms with Crippen LogP contribution in [0.1, 0.15) is 44.2 Å². The topological polar surface area (TPSA) is 49.4 Å². The van der Waals surface area contributed by atoms with E-state index < -0.39 is 6.04 Å². The molecule has 1 N–H and O–H groups in total. The van der Waals surface area contributed by atoms with Crippen molar-refractivity contribution in [1.29, 1.82) is 0 Å². The lowest BCUT2D eigenvalue weighted by Gasteiger charge is -2.30. The van der Waals surface area contributed by atoms with Crippen molar-refractivity contribution in [2.45, 2.75) is 51.4 Å². The molecule has 0 radical (unpaired) electrons. The average Bonchev–Trinajstić information content (AvgIpc) is 2.76. The Morgan fingerprint density at radius 3 is 2.32 bits per heavy atom. The van der Waals surface area contributed by atoms with Crippen LogP contribution in [0, 0.1) is 0 Å². The molecule has 2 amide bonds. The van der Waals surface area contributed by atoms with E-state index >= 15 is 0 Å². The fourth-order valence-electron chi connectivity index (χ4n) is 3.20. The van der Waals surface area contributed by atoms with Gasteiger partial charge in [-0.2, -0.15) is 0 Å². The van der Waals surface area contributed by atoms with Gasteiger partial charge in [0.25, 0.3) is 0 Å². The van der Waals surface area contributed by atoms with Crippen molar-refractivity contribution in [2.24, 2.45) is 0 Å². The molecule has 0 heterocycles. The summed E-state index contributed by atoms with van der Waals surface area (Å²) in [5.41, 5.74) is 1.82. The number of carbonyl (C=O) groups excluding carboxylic acids is 2. The predicted octanol–water partition coefficient (Wildman–Crippen LogP) is 5.95. The van der Waals surface area contributed by atoms with E-state index in [0.717, 1.165) is 24.0 Å². The zero-order valence-corrected chi connectivity index (χ0v) is 20.4. The Bertz CT molecular complexity index is 828. The Kier molecular flexibility index (Phi) is 11.3. The van der Waals surface area contributed by atoms with E-state index in [0.29, 0.717) is 35.3 Å². The van der Waals surface area contributed by atoms with E-state index in [2.05, 4.69) is 12.2 Å². The molecule has 0 aliphatic rings. The summed E-state index contributed by atoms with van der Waals surface area (Å²) in [5, 5.41) is 4.16. The van der Waals surface area contributed by atoms with E-state index in [4.69, 9.17) is 23.2 Å².